The van der Waals surface area contributed by atoms with Gasteiger partial charge < -0.3 is 5.32 Å². The molecule has 0 aliphatic rings. The van der Waals surface area contributed by atoms with E-state index < -0.39 is 28.5 Å². The highest BCUT2D eigenvalue weighted by atomic mass is 127. The average Bonchev–Trinajstić information content (AvgIpc) is 2.46. The number of nitrogens with one attached hydrogen (secondary N) is 1. The van der Waals surface area contributed by atoms with E-state index in [2.05, 4.69) is 5.32 Å². The van der Waals surface area contributed by atoms with Crippen molar-refractivity contribution in [2.45, 2.75) is 13.0 Å². The summed E-state index contributed by atoms with van der Waals surface area (Å²) in [5.41, 5.74) is 0.0329. The zero-order chi connectivity index (χ0) is 17.1. The van der Waals surface area contributed by atoms with E-state index in [1.165, 1.54) is 18.2 Å². The number of halogens is 3. The van der Waals surface area contributed by atoms with Crippen LogP contribution >= 0.6 is 22.6 Å². The van der Waals surface area contributed by atoms with Crippen LogP contribution in [0.1, 0.15) is 28.9 Å². The first-order valence-electron chi connectivity index (χ1n) is 6.49. The molecule has 1 amide bonds. The SMILES string of the molecule is CC(NC(=O)c1cc([N+](=O)[O-])ccc1I)c1ccc(F)cc1F. The predicted octanol–water partition coefficient (Wildman–Crippen LogP) is 3.97. The van der Waals surface area contributed by atoms with Crippen LogP contribution in [0.2, 0.25) is 0 Å². The van der Waals surface area contributed by atoms with Gasteiger partial charge in [-0.05, 0) is 41.6 Å². The summed E-state index contributed by atoms with van der Waals surface area (Å²) in [7, 11) is 0. The van der Waals surface area contributed by atoms with Crippen LogP contribution < -0.4 is 5.32 Å². The minimum absolute atomic E-state index is 0.120. The Morgan fingerprint density at radius 3 is 2.57 bits per heavy atom. The van der Waals surface area contributed by atoms with Crippen LogP contribution in [-0.4, -0.2) is 10.8 Å². The fourth-order valence-electron chi connectivity index (χ4n) is 2.01. The zero-order valence-corrected chi connectivity index (χ0v) is 14.0. The summed E-state index contributed by atoms with van der Waals surface area (Å²) < 4.78 is 27.2. The van der Waals surface area contributed by atoms with Gasteiger partial charge in [0.05, 0.1) is 16.5 Å². The Morgan fingerprint density at radius 2 is 1.96 bits per heavy atom. The second-order valence-electron chi connectivity index (χ2n) is 4.78. The lowest BCUT2D eigenvalue weighted by molar-refractivity contribution is -0.384. The van der Waals surface area contributed by atoms with Crippen molar-refractivity contribution >= 4 is 34.2 Å². The molecule has 0 spiro atoms. The largest absolute Gasteiger partial charge is 0.345 e. The average molecular weight is 432 g/mol. The lowest BCUT2D eigenvalue weighted by Crippen LogP contribution is -2.28. The van der Waals surface area contributed by atoms with Crippen molar-refractivity contribution in [3.05, 3.63) is 72.8 Å². The monoisotopic (exact) mass is 432 g/mol. The second kappa shape index (κ2) is 6.99. The lowest BCUT2D eigenvalue weighted by Gasteiger charge is -2.15. The number of amides is 1. The lowest BCUT2D eigenvalue weighted by atomic mass is 10.1. The third kappa shape index (κ3) is 4.01. The van der Waals surface area contributed by atoms with Crippen molar-refractivity contribution in [1.82, 2.24) is 5.32 Å². The molecule has 5 nitrogen and oxygen atoms in total. The molecule has 0 aromatic heterocycles. The first-order chi connectivity index (χ1) is 10.8. The van der Waals surface area contributed by atoms with Gasteiger partial charge in [-0.25, -0.2) is 8.78 Å². The molecule has 2 rings (SSSR count). The van der Waals surface area contributed by atoms with E-state index in [0.717, 1.165) is 18.2 Å². The summed E-state index contributed by atoms with van der Waals surface area (Å²) in [5.74, 6) is -2.06. The summed E-state index contributed by atoms with van der Waals surface area (Å²) in [5, 5.41) is 13.3. The standard InChI is InChI=1S/C15H11F2IN2O3/c1-8(11-4-2-9(16)6-13(11)17)19-15(21)12-7-10(20(22)23)3-5-14(12)18/h2-8H,1H3,(H,19,21). The Morgan fingerprint density at radius 1 is 1.26 bits per heavy atom. The molecule has 0 saturated carbocycles. The van der Waals surface area contributed by atoms with Gasteiger partial charge in [0.1, 0.15) is 11.6 Å². The highest BCUT2D eigenvalue weighted by Gasteiger charge is 2.19. The molecule has 2 aromatic carbocycles. The van der Waals surface area contributed by atoms with Gasteiger partial charge >= 0.3 is 0 Å². The highest BCUT2D eigenvalue weighted by molar-refractivity contribution is 14.1. The van der Waals surface area contributed by atoms with Crippen LogP contribution in [0.5, 0.6) is 0 Å². The topological polar surface area (TPSA) is 72.2 Å². The van der Waals surface area contributed by atoms with Crippen molar-refractivity contribution in [2.24, 2.45) is 0 Å². The van der Waals surface area contributed by atoms with Crippen LogP contribution in [0.15, 0.2) is 36.4 Å². The van der Waals surface area contributed by atoms with Gasteiger partial charge in [0, 0.05) is 27.3 Å². The van der Waals surface area contributed by atoms with Gasteiger partial charge in [-0.3, -0.25) is 14.9 Å². The highest BCUT2D eigenvalue weighted by Crippen LogP contribution is 2.22. The minimum atomic E-state index is -0.772. The van der Waals surface area contributed by atoms with Crippen LogP contribution in [0.3, 0.4) is 0 Å². The van der Waals surface area contributed by atoms with Crippen molar-refractivity contribution in [1.29, 1.82) is 0 Å². The number of non-ortho nitro benzene ring substituents is 1. The summed E-state index contributed by atoms with van der Waals surface area (Å²) in [6.07, 6.45) is 0. The maximum Gasteiger partial charge on any atom is 0.270 e. The first-order valence-corrected chi connectivity index (χ1v) is 7.57. The summed E-state index contributed by atoms with van der Waals surface area (Å²) in [6, 6.07) is 6.25. The Hall–Kier alpha value is -2.10. The molecule has 0 bridgehead atoms. The van der Waals surface area contributed by atoms with E-state index in [1.54, 1.807) is 6.92 Å². The normalized spacial score (nSPS) is 11.8. The number of hydrogen-bond donors (Lipinski definition) is 1. The molecule has 0 saturated heterocycles. The molecule has 0 fully saturated rings. The van der Waals surface area contributed by atoms with Gasteiger partial charge in [-0.1, -0.05) is 6.07 Å². The molecule has 0 aliphatic carbocycles. The number of nitrogens with zero attached hydrogens (tertiary/aromatic N) is 1. The molecule has 8 heteroatoms. The fraction of sp³-hybridized carbons (Fsp3) is 0.133. The molecule has 2 aromatic rings. The molecule has 0 heterocycles. The Labute approximate surface area is 144 Å². The van der Waals surface area contributed by atoms with Gasteiger partial charge in [0.15, 0.2) is 0 Å². The number of benzene rings is 2. The molecule has 0 radical (unpaired) electrons. The van der Waals surface area contributed by atoms with E-state index in [4.69, 9.17) is 0 Å². The van der Waals surface area contributed by atoms with Gasteiger partial charge in [0.2, 0.25) is 0 Å². The number of carbonyl (C=O) groups excluding carboxylic acids is 1. The molecular formula is C15H11F2IN2O3. The Kier molecular flexibility index (Phi) is 5.24. The minimum Gasteiger partial charge on any atom is -0.345 e. The van der Waals surface area contributed by atoms with Crippen molar-refractivity contribution in [3.8, 4) is 0 Å². The smallest absolute Gasteiger partial charge is 0.270 e. The predicted molar refractivity (Wildman–Crippen MR) is 88.1 cm³/mol. The van der Waals surface area contributed by atoms with Crippen LogP contribution in [0.25, 0.3) is 0 Å². The molecule has 0 aliphatic heterocycles. The van der Waals surface area contributed by atoms with Crippen molar-refractivity contribution in [2.75, 3.05) is 0 Å². The fourth-order valence-corrected chi connectivity index (χ4v) is 2.59. The molecular weight excluding hydrogens is 421 g/mol. The zero-order valence-electron chi connectivity index (χ0n) is 11.8. The second-order valence-corrected chi connectivity index (χ2v) is 5.94. The van der Waals surface area contributed by atoms with Gasteiger partial charge in [-0.15, -0.1) is 0 Å². The van der Waals surface area contributed by atoms with E-state index >= 15 is 0 Å². The number of hydrogen-bond acceptors (Lipinski definition) is 3. The number of carbonyl (C=O) groups is 1. The van der Waals surface area contributed by atoms with E-state index in [1.807, 2.05) is 22.6 Å². The van der Waals surface area contributed by atoms with Crippen LogP contribution in [-0.2, 0) is 0 Å². The van der Waals surface area contributed by atoms with Gasteiger partial charge in [0.25, 0.3) is 11.6 Å². The maximum atomic E-state index is 13.7. The third-order valence-electron chi connectivity index (χ3n) is 3.18. The summed E-state index contributed by atoms with van der Waals surface area (Å²) in [4.78, 5) is 22.5. The summed E-state index contributed by atoms with van der Waals surface area (Å²) in [6.45, 7) is 1.54. The van der Waals surface area contributed by atoms with Gasteiger partial charge in [-0.2, -0.15) is 0 Å². The molecule has 1 atom stereocenters. The number of nitro groups is 1. The van der Waals surface area contributed by atoms with E-state index in [0.29, 0.717) is 3.57 Å². The molecule has 1 unspecified atom stereocenters. The van der Waals surface area contributed by atoms with Crippen LogP contribution in [0, 0.1) is 25.3 Å². The number of rotatable bonds is 4. The van der Waals surface area contributed by atoms with E-state index in [9.17, 15) is 23.7 Å². The van der Waals surface area contributed by atoms with E-state index in [-0.39, 0.29) is 16.8 Å². The molecule has 1 N–H and O–H groups in total. The third-order valence-corrected chi connectivity index (χ3v) is 4.12. The first kappa shape index (κ1) is 17.3. The maximum absolute atomic E-state index is 13.7. The Bertz CT molecular complexity index is 783. The van der Waals surface area contributed by atoms with Crippen molar-refractivity contribution < 1.29 is 18.5 Å². The number of nitro benzene ring substituents is 1. The summed E-state index contributed by atoms with van der Waals surface area (Å²) >= 11 is 1.88. The Balaban J connectivity index is 2.24. The molecule has 23 heavy (non-hydrogen) atoms. The molecule has 120 valence electrons. The quantitative estimate of drug-likeness (QED) is 0.452. The van der Waals surface area contributed by atoms with Crippen LogP contribution in [0.4, 0.5) is 14.5 Å². The van der Waals surface area contributed by atoms with Crippen molar-refractivity contribution in [3.63, 3.8) is 0 Å².